The number of aromatic nitrogens is 2. The molecule has 1 saturated heterocycles. The SMILES string of the molecule is Cl.Cl.Clc1cccc(C2CNCCN2CCn2cccn2)c1. The summed E-state index contributed by atoms with van der Waals surface area (Å²) in [4.78, 5) is 2.50. The second kappa shape index (κ2) is 9.38. The molecule has 4 nitrogen and oxygen atoms in total. The van der Waals surface area contributed by atoms with Gasteiger partial charge in [-0.15, -0.1) is 24.8 Å². The molecule has 0 amide bonds. The second-order valence-corrected chi connectivity index (χ2v) is 5.52. The lowest BCUT2D eigenvalue weighted by Crippen LogP contribution is -2.47. The number of halogens is 3. The van der Waals surface area contributed by atoms with Crippen molar-refractivity contribution < 1.29 is 0 Å². The average molecular weight is 364 g/mol. The number of benzene rings is 1. The van der Waals surface area contributed by atoms with E-state index in [1.807, 2.05) is 35.3 Å². The molecule has 22 heavy (non-hydrogen) atoms. The Kier molecular flexibility index (Phi) is 8.21. The normalized spacial score (nSPS) is 18.3. The third-order valence-corrected chi connectivity index (χ3v) is 4.00. The van der Waals surface area contributed by atoms with Crippen molar-refractivity contribution in [3.05, 3.63) is 53.3 Å². The molecular formula is C15H21Cl3N4. The largest absolute Gasteiger partial charge is 0.314 e. The number of nitrogens with one attached hydrogen (secondary N) is 1. The van der Waals surface area contributed by atoms with Gasteiger partial charge in [-0.3, -0.25) is 9.58 Å². The van der Waals surface area contributed by atoms with Gasteiger partial charge in [-0.1, -0.05) is 23.7 Å². The van der Waals surface area contributed by atoms with Crippen LogP contribution in [0.1, 0.15) is 11.6 Å². The van der Waals surface area contributed by atoms with Crippen LogP contribution in [0.4, 0.5) is 0 Å². The minimum absolute atomic E-state index is 0. The molecule has 1 unspecified atom stereocenters. The Morgan fingerprint density at radius 1 is 1.23 bits per heavy atom. The molecule has 1 aliphatic heterocycles. The topological polar surface area (TPSA) is 33.1 Å². The first kappa shape index (κ1) is 19.3. The highest BCUT2D eigenvalue weighted by Gasteiger charge is 2.23. The van der Waals surface area contributed by atoms with E-state index in [0.717, 1.165) is 37.7 Å². The summed E-state index contributed by atoms with van der Waals surface area (Å²) in [6.07, 6.45) is 3.84. The second-order valence-electron chi connectivity index (χ2n) is 5.08. The quantitative estimate of drug-likeness (QED) is 0.906. The molecule has 1 aliphatic rings. The van der Waals surface area contributed by atoms with E-state index in [9.17, 15) is 0 Å². The Bertz CT molecular complexity index is 547. The molecule has 0 bridgehead atoms. The Balaban J connectivity index is 0.00000121. The summed E-state index contributed by atoms with van der Waals surface area (Å²) in [5.74, 6) is 0. The van der Waals surface area contributed by atoms with Crippen molar-refractivity contribution in [1.29, 1.82) is 0 Å². The Morgan fingerprint density at radius 2 is 2.09 bits per heavy atom. The van der Waals surface area contributed by atoms with Gasteiger partial charge >= 0.3 is 0 Å². The molecule has 1 N–H and O–H groups in total. The Hall–Kier alpha value is -0.780. The number of piperazine rings is 1. The fourth-order valence-electron chi connectivity index (χ4n) is 2.72. The third kappa shape index (κ3) is 4.86. The molecule has 7 heteroatoms. The monoisotopic (exact) mass is 362 g/mol. The van der Waals surface area contributed by atoms with Gasteiger partial charge in [0.25, 0.3) is 0 Å². The minimum atomic E-state index is 0. The van der Waals surface area contributed by atoms with Crippen molar-refractivity contribution in [1.82, 2.24) is 20.0 Å². The Morgan fingerprint density at radius 3 is 2.82 bits per heavy atom. The van der Waals surface area contributed by atoms with Crippen molar-refractivity contribution >= 4 is 36.4 Å². The molecule has 0 spiro atoms. The van der Waals surface area contributed by atoms with Crippen LogP contribution in [0.3, 0.4) is 0 Å². The predicted molar refractivity (Wildman–Crippen MR) is 95.4 cm³/mol. The van der Waals surface area contributed by atoms with E-state index in [2.05, 4.69) is 27.4 Å². The molecule has 2 aromatic rings. The fourth-order valence-corrected chi connectivity index (χ4v) is 2.92. The molecule has 1 aromatic carbocycles. The third-order valence-electron chi connectivity index (χ3n) is 3.76. The predicted octanol–water partition coefficient (Wildman–Crippen LogP) is 3.03. The first-order chi connectivity index (χ1) is 9.83. The summed E-state index contributed by atoms with van der Waals surface area (Å²) in [5, 5.41) is 8.54. The van der Waals surface area contributed by atoms with Crippen molar-refractivity contribution in [3.63, 3.8) is 0 Å². The van der Waals surface area contributed by atoms with Gasteiger partial charge in [-0.25, -0.2) is 0 Å². The molecule has 0 aliphatic carbocycles. The van der Waals surface area contributed by atoms with Crippen molar-refractivity contribution in [3.8, 4) is 0 Å². The van der Waals surface area contributed by atoms with Crippen LogP contribution < -0.4 is 5.32 Å². The molecule has 1 aromatic heterocycles. The van der Waals surface area contributed by atoms with E-state index < -0.39 is 0 Å². The van der Waals surface area contributed by atoms with E-state index in [-0.39, 0.29) is 24.8 Å². The van der Waals surface area contributed by atoms with Gasteiger partial charge in [-0.2, -0.15) is 5.10 Å². The summed E-state index contributed by atoms with van der Waals surface area (Å²) in [6.45, 7) is 4.98. The average Bonchev–Trinajstić information content (AvgIpc) is 2.99. The highest BCUT2D eigenvalue weighted by molar-refractivity contribution is 6.30. The van der Waals surface area contributed by atoms with E-state index in [1.165, 1.54) is 5.56 Å². The highest BCUT2D eigenvalue weighted by Crippen LogP contribution is 2.24. The summed E-state index contributed by atoms with van der Waals surface area (Å²) < 4.78 is 1.98. The van der Waals surface area contributed by atoms with E-state index in [0.29, 0.717) is 6.04 Å². The maximum atomic E-state index is 6.12. The molecule has 1 fully saturated rings. The minimum Gasteiger partial charge on any atom is -0.314 e. The zero-order valence-electron chi connectivity index (χ0n) is 12.2. The van der Waals surface area contributed by atoms with Crippen molar-refractivity contribution in [2.45, 2.75) is 12.6 Å². The Labute approximate surface area is 148 Å². The van der Waals surface area contributed by atoms with Gasteiger partial charge in [0.15, 0.2) is 0 Å². The van der Waals surface area contributed by atoms with E-state index >= 15 is 0 Å². The number of nitrogens with zero attached hydrogens (tertiary/aromatic N) is 3. The lowest BCUT2D eigenvalue weighted by atomic mass is 10.0. The van der Waals surface area contributed by atoms with Gasteiger partial charge in [0.2, 0.25) is 0 Å². The zero-order valence-corrected chi connectivity index (χ0v) is 14.6. The van der Waals surface area contributed by atoms with Crippen LogP contribution in [0, 0.1) is 0 Å². The highest BCUT2D eigenvalue weighted by atomic mass is 35.5. The summed E-state index contributed by atoms with van der Waals surface area (Å²) in [7, 11) is 0. The first-order valence-corrected chi connectivity index (χ1v) is 7.38. The van der Waals surface area contributed by atoms with E-state index in [1.54, 1.807) is 0 Å². The van der Waals surface area contributed by atoms with Gasteiger partial charge in [0.1, 0.15) is 0 Å². The molecule has 1 atom stereocenters. The smallest absolute Gasteiger partial charge is 0.0536 e. The summed E-state index contributed by atoms with van der Waals surface area (Å²) >= 11 is 6.12. The molecule has 0 radical (unpaired) electrons. The van der Waals surface area contributed by atoms with Crippen LogP contribution in [-0.4, -0.2) is 40.9 Å². The van der Waals surface area contributed by atoms with Gasteiger partial charge in [0, 0.05) is 49.6 Å². The summed E-state index contributed by atoms with van der Waals surface area (Å²) in [5.41, 5.74) is 1.28. The molecular weight excluding hydrogens is 343 g/mol. The fraction of sp³-hybridized carbons (Fsp3) is 0.400. The van der Waals surface area contributed by atoms with Crippen molar-refractivity contribution in [2.24, 2.45) is 0 Å². The number of hydrogen-bond donors (Lipinski definition) is 1. The van der Waals surface area contributed by atoms with Crippen LogP contribution in [-0.2, 0) is 6.54 Å². The van der Waals surface area contributed by atoms with Gasteiger partial charge in [-0.05, 0) is 23.8 Å². The molecule has 122 valence electrons. The standard InChI is InChI=1S/C15H19ClN4.2ClH/c16-14-4-1-3-13(11-14)15-12-17-6-8-19(15)9-10-20-7-2-5-18-20;;/h1-5,7,11,15,17H,6,8-10,12H2;2*1H. The lowest BCUT2D eigenvalue weighted by molar-refractivity contribution is 0.154. The van der Waals surface area contributed by atoms with Crippen LogP contribution in [0.15, 0.2) is 42.7 Å². The van der Waals surface area contributed by atoms with Crippen LogP contribution in [0.5, 0.6) is 0 Å². The maximum Gasteiger partial charge on any atom is 0.0536 e. The summed E-state index contributed by atoms with van der Waals surface area (Å²) in [6, 6.07) is 10.5. The van der Waals surface area contributed by atoms with E-state index in [4.69, 9.17) is 11.6 Å². The zero-order chi connectivity index (χ0) is 13.8. The van der Waals surface area contributed by atoms with Crippen LogP contribution in [0.2, 0.25) is 5.02 Å². The number of hydrogen-bond acceptors (Lipinski definition) is 3. The van der Waals surface area contributed by atoms with Crippen LogP contribution >= 0.6 is 36.4 Å². The van der Waals surface area contributed by atoms with Gasteiger partial charge < -0.3 is 5.32 Å². The first-order valence-electron chi connectivity index (χ1n) is 7.00. The van der Waals surface area contributed by atoms with Gasteiger partial charge in [0.05, 0.1) is 6.54 Å². The molecule has 0 saturated carbocycles. The molecule has 2 heterocycles. The maximum absolute atomic E-state index is 6.12. The van der Waals surface area contributed by atoms with Crippen LogP contribution in [0.25, 0.3) is 0 Å². The number of rotatable bonds is 4. The lowest BCUT2D eigenvalue weighted by Gasteiger charge is -2.36. The van der Waals surface area contributed by atoms with Crippen molar-refractivity contribution in [2.75, 3.05) is 26.2 Å². The molecule has 3 rings (SSSR count).